The molecule has 3 rings (SSSR count). The van der Waals surface area contributed by atoms with Gasteiger partial charge in [-0.3, -0.25) is 4.79 Å². The van der Waals surface area contributed by atoms with Gasteiger partial charge in [0.2, 0.25) is 11.7 Å². The lowest BCUT2D eigenvalue weighted by Crippen LogP contribution is -2.43. The van der Waals surface area contributed by atoms with E-state index in [0.717, 1.165) is 25.8 Å². The van der Waals surface area contributed by atoms with Gasteiger partial charge in [0.25, 0.3) is 5.91 Å². The van der Waals surface area contributed by atoms with Crippen molar-refractivity contribution < 1.29 is 14.1 Å². The highest BCUT2D eigenvalue weighted by atomic mass is 16.5. The molecule has 128 valence electrons. The van der Waals surface area contributed by atoms with Crippen LogP contribution in [-0.4, -0.2) is 33.5 Å². The van der Waals surface area contributed by atoms with E-state index in [1.54, 1.807) is 6.92 Å². The van der Waals surface area contributed by atoms with Crippen LogP contribution in [0.1, 0.15) is 54.7 Å². The number of amides is 1. The Morgan fingerprint density at radius 3 is 2.79 bits per heavy atom. The van der Waals surface area contributed by atoms with E-state index in [1.165, 1.54) is 6.42 Å². The van der Waals surface area contributed by atoms with Crippen LogP contribution in [0.2, 0.25) is 0 Å². The molecule has 1 saturated heterocycles. The van der Waals surface area contributed by atoms with Gasteiger partial charge in [-0.15, -0.1) is 0 Å². The van der Waals surface area contributed by atoms with Crippen LogP contribution in [0.3, 0.4) is 0 Å². The Hall–Kier alpha value is -2.37. The molecule has 1 amide bonds. The zero-order valence-electron chi connectivity index (χ0n) is 14.2. The maximum absolute atomic E-state index is 12.7. The molecule has 2 aromatic rings. The van der Waals surface area contributed by atoms with Crippen molar-refractivity contribution in [2.24, 2.45) is 0 Å². The third-order valence-corrected chi connectivity index (χ3v) is 4.40. The second-order valence-electron chi connectivity index (χ2n) is 6.10. The molecule has 0 radical (unpaired) electrons. The standard InChI is InChI=1S/C18H23N3O3/c1-3-15-6-4-5-11-21(15)18(22)14-7-9-16(10-8-14)23-12-17-19-13(2)24-20-17/h7-10,15H,3-6,11-12H2,1-2H3/t15-/m1/s1. The molecule has 1 atom stereocenters. The highest BCUT2D eigenvalue weighted by molar-refractivity contribution is 5.94. The zero-order chi connectivity index (χ0) is 16.9. The minimum atomic E-state index is 0.113. The van der Waals surface area contributed by atoms with E-state index in [0.29, 0.717) is 29.1 Å². The van der Waals surface area contributed by atoms with E-state index in [1.807, 2.05) is 29.2 Å². The monoisotopic (exact) mass is 329 g/mol. The quantitative estimate of drug-likeness (QED) is 0.841. The van der Waals surface area contributed by atoms with Gasteiger partial charge in [-0.05, 0) is 49.9 Å². The molecular formula is C18H23N3O3. The van der Waals surface area contributed by atoms with E-state index in [9.17, 15) is 4.79 Å². The fourth-order valence-electron chi connectivity index (χ4n) is 3.10. The summed E-state index contributed by atoms with van der Waals surface area (Å²) in [4.78, 5) is 18.8. The van der Waals surface area contributed by atoms with Crippen molar-refractivity contribution in [3.8, 4) is 5.75 Å². The number of rotatable bonds is 5. The molecule has 1 aliphatic rings. The molecule has 1 fully saturated rings. The number of piperidine rings is 1. The van der Waals surface area contributed by atoms with Gasteiger partial charge in [-0.1, -0.05) is 12.1 Å². The predicted molar refractivity (Wildman–Crippen MR) is 88.8 cm³/mol. The van der Waals surface area contributed by atoms with E-state index in [4.69, 9.17) is 9.26 Å². The summed E-state index contributed by atoms with van der Waals surface area (Å²) in [6.07, 6.45) is 4.42. The molecule has 6 nitrogen and oxygen atoms in total. The minimum Gasteiger partial charge on any atom is -0.485 e. The smallest absolute Gasteiger partial charge is 0.254 e. The average molecular weight is 329 g/mol. The van der Waals surface area contributed by atoms with Crippen LogP contribution in [-0.2, 0) is 6.61 Å². The summed E-state index contributed by atoms with van der Waals surface area (Å²) in [5.74, 6) is 1.81. The molecule has 2 heterocycles. The van der Waals surface area contributed by atoms with Gasteiger partial charge >= 0.3 is 0 Å². The van der Waals surface area contributed by atoms with Crippen LogP contribution in [0.5, 0.6) is 5.75 Å². The van der Waals surface area contributed by atoms with Crippen molar-refractivity contribution in [2.75, 3.05) is 6.54 Å². The molecule has 1 aromatic carbocycles. The molecule has 0 bridgehead atoms. The van der Waals surface area contributed by atoms with Gasteiger partial charge in [-0.2, -0.15) is 4.98 Å². The summed E-state index contributed by atoms with van der Waals surface area (Å²) in [6.45, 7) is 4.98. The number of benzene rings is 1. The third kappa shape index (κ3) is 3.75. The molecule has 0 unspecified atom stereocenters. The highest BCUT2D eigenvalue weighted by Crippen LogP contribution is 2.23. The lowest BCUT2D eigenvalue weighted by atomic mass is 9.99. The Kier molecular flexibility index (Phi) is 5.13. The van der Waals surface area contributed by atoms with Crippen molar-refractivity contribution in [3.05, 3.63) is 41.5 Å². The van der Waals surface area contributed by atoms with Crippen molar-refractivity contribution in [1.29, 1.82) is 0 Å². The summed E-state index contributed by atoms with van der Waals surface area (Å²) < 4.78 is 10.5. The number of aryl methyl sites for hydroxylation is 1. The third-order valence-electron chi connectivity index (χ3n) is 4.40. The largest absolute Gasteiger partial charge is 0.485 e. The number of carbonyl (C=O) groups is 1. The Balaban J connectivity index is 1.62. The molecule has 6 heteroatoms. The second kappa shape index (κ2) is 7.47. The summed E-state index contributed by atoms with van der Waals surface area (Å²) >= 11 is 0. The molecule has 0 aliphatic carbocycles. The summed E-state index contributed by atoms with van der Waals surface area (Å²) in [6, 6.07) is 7.63. The van der Waals surface area contributed by atoms with Crippen LogP contribution in [0.15, 0.2) is 28.8 Å². The van der Waals surface area contributed by atoms with E-state index in [2.05, 4.69) is 17.1 Å². The van der Waals surface area contributed by atoms with Crippen LogP contribution >= 0.6 is 0 Å². The number of hydrogen-bond acceptors (Lipinski definition) is 5. The van der Waals surface area contributed by atoms with Crippen molar-refractivity contribution in [1.82, 2.24) is 15.0 Å². The fraction of sp³-hybridized carbons (Fsp3) is 0.500. The van der Waals surface area contributed by atoms with Crippen LogP contribution < -0.4 is 4.74 Å². The normalized spacial score (nSPS) is 17.8. The maximum Gasteiger partial charge on any atom is 0.254 e. The molecule has 1 aromatic heterocycles. The lowest BCUT2D eigenvalue weighted by Gasteiger charge is -2.35. The number of nitrogens with zero attached hydrogens (tertiary/aromatic N) is 3. The van der Waals surface area contributed by atoms with Crippen LogP contribution in [0.25, 0.3) is 0 Å². The van der Waals surface area contributed by atoms with Gasteiger partial charge in [0.05, 0.1) is 0 Å². The summed E-state index contributed by atoms with van der Waals surface area (Å²) in [7, 11) is 0. The Morgan fingerprint density at radius 2 is 2.12 bits per heavy atom. The molecule has 0 saturated carbocycles. The van der Waals surface area contributed by atoms with Crippen LogP contribution in [0.4, 0.5) is 0 Å². The number of likely N-dealkylation sites (tertiary alicyclic amines) is 1. The molecule has 1 aliphatic heterocycles. The van der Waals surface area contributed by atoms with Crippen molar-refractivity contribution >= 4 is 5.91 Å². The van der Waals surface area contributed by atoms with Gasteiger partial charge in [0.15, 0.2) is 6.61 Å². The number of carbonyl (C=O) groups excluding carboxylic acids is 1. The summed E-state index contributed by atoms with van der Waals surface area (Å²) in [5, 5.41) is 3.78. The van der Waals surface area contributed by atoms with E-state index >= 15 is 0 Å². The molecule has 24 heavy (non-hydrogen) atoms. The Morgan fingerprint density at radius 1 is 1.33 bits per heavy atom. The van der Waals surface area contributed by atoms with Crippen molar-refractivity contribution in [2.45, 2.75) is 52.2 Å². The minimum absolute atomic E-state index is 0.113. The lowest BCUT2D eigenvalue weighted by molar-refractivity contribution is 0.0608. The van der Waals surface area contributed by atoms with Crippen molar-refractivity contribution in [3.63, 3.8) is 0 Å². The second-order valence-corrected chi connectivity index (χ2v) is 6.10. The molecular weight excluding hydrogens is 306 g/mol. The number of hydrogen-bond donors (Lipinski definition) is 0. The first kappa shape index (κ1) is 16.5. The first-order valence-electron chi connectivity index (χ1n) is 8.50. The Bertz CT molecular complexity index is 681. The maximum atomic E-state index is 12.7. The van der Waals surface area contributed by atoms with Gasteiger partial charge in [0, 0.05) is 25.1 Å². The first-order chi connectivity index (χ1) is 11.7. The Labute approximate surface area is 141 Å². The fourth-order valence-corrected chi connectivity index (χ4v) is 3.10. The van der Waals surface area contributed by atoms with Gasteiger partial charge < -0.3 is 14.2 Å². The number of ether oxygens (including phenoxy) is 1. The number of aromatic nitrogens is 2. The van der Waals surface area contributed by atoms with Crippen LogP contribution in [0, 0.1) is 6.92 Å². The molecule has 0 spiro atoms. The summed E-state index contributed by atoms with van der Waals surface area (Å²) in [5.41, 5.74) is 0.707. The van der Waals surface area contributed by atoms with Gasteiger partial charge in [-0.25, -0.2) is 0 Å². The highest BCUT2D eigenvalue weighted by Gasteiger charge is 2.26. The predicted octanol–water partition coefficient (Wildman–Crippen LogP) is 3.36. The first-order valence-corrected chi connectivity index (χ1v) is 8.50. The topological polar surface area (TPSA) is 68.5 Å². The SMILES string of the molecule is CC[C@@H]1CCCCN1C(=O)c1ccc(OCc2noc(C)n2)cc1. The zero-order valence-corrected chi connectivity index (χ0v) is 14.2. The van der Waals surface area contributed by atoms with E-state index < -0.39 is 0 Å². The van der Waals surface area contributed by atoms with E-state index in [-0.39, 0.29) is 12.5 Å². The molecule has 0 N–H and O–H groups in total. The average Bonchev–Trinajstić information content (AvgIpc) is 3.05. The van der Waals surface area contributed by atoms with Gasteiger partial charge in [0.1, 0.15) is 5.75 Å².